The number of hydrogen-bond acceptors (Lipinski definition) is 2. The second kappa shape index (κ2) is 3.07. The molecule has 0 bridgehead atoms. The van der Waals surface area contributed by atoms with E-state index in [0.717, 1.165) is 13.1 Å². The van der Waals surface area contributed by atoms with Crippen molar-refractivity contribution in [3.63, 3.8) is 0 Å². The van der Waals surface area contributed by atoms with Gasteiger partial charge >= 0.3 is 0 Å². The molecule has 2 rings (SSSR count). The second-order valence-corrected chi connectivity index (χ2v) is 4.53. The molecule has 0 saturated carbocycles. The van der Waals surface area contributed by atoms with Gasteiger partial charge in [-0.2, -0.15) is 0 Å². The SMILES string of the molecule is Cc1cc(C)c(C2(N)CNC2)c(C)c1. The van der Waals surface area contributed by atoms with E-state index in [1.165, 1.54) is 22.3 Å². The largest absolute Gasteiger partial charge is 0.319 e. The first-order valence-electron chi connectivity index (χ1n) is 5.11. The molecule has 0 aliphatic carbocycles. The maximum atomic E-state index is 6.31. The van der Waals surface area contributed by atoms with Gasteiger partial charge < -0.3 is 11.1 Å². The van der Waals surface area contributed by atoms with Gasteiger partial charge in [0.2, 0.25) is 0 Å². The first-order chi connectivity index (χ1) is 6.53. The maximum absolute atomic E-state index is 6.31. The highest BCUT2D eigenvalue weighted by atomic mass is 15.1. The fourth-order valence-electron chi connectivity index (χ4n) is 2.54. The zero-order chi connectivity index (χ0) is 10.3. The third-order valence-corrected chi connectivity index (χ3v) is 3.06. The molecule has 76 valence electrons. The molecular formula is C12H18N2. The van der Waals surface area contributed by atoms with Crippen LogP contribution in [0.15, 0.2) is 12.1 Å². The van der Waals surface area contributed by atoms with Crippen molar-refractivity contribution < 1.29 is 0 Å². The van der Waals surface area contributed by atoms with Crippen molar-refractivity contribution >= 4 is 0 Å². The van der Waals surface area contributed by atoms with Crippen molar-refractivity contribution in [2.24, 2.45) is 5.73 Å². The molecule has 0 spiro atoms. The Kier molecular flexibility index (Phi) is 2.13. The van der Waals surface area contributed by atoms with Crippen LogP contribution < -0.4 is 11.1 Å². The van der Waals surface area contributed by atoms with Crippen LogP contribution in [0.3, 0.4) is 0 Å². The molecule has 1 heterocycles. The van der Waals surface area contributed by atoms with Gasteiger partial charge in [0.05, 0.1) is 5.54 Å². The Morgan fingerprint density at radius 1 is 1.14 bits per heavy atom. The zero-order valence-electron chi connectivity index (χ0n) is 9.15. The molecule has 0 atom stereocenters. The molecule has 1 aliphatic rings. The minimum Gasteiger partial charge on any atom is -0.319 e. The molecule has 3 N–H and O–H groups in total. The van der Waals surface area contributed by atoms with Crippen molar-refractivity contribution in [2.75, 3.05) is 13.1 Å². The van der Waals surface area contributed by atoms with Crippen LogP contribution in [0.1, 0.15) is 22.3 Å². The lowest BCUT2D eigenvalue weighted by Gasteiger charge is -2.41. The van der Waals surface area contributed by atoms with E-state index in [1.807, 2.05) is 0 Å². The zero-order valence-corrected chi connectivity index (χ0v) is 9.15. The van der Waals surface area contributed by atoms with Crippen LogP contribution in [0, 0.1) is 20.8 Å². The van der Waals surface area contributed by atoms with Crippen LogP contribution in [0.4, 0.5) is 0 Å². The number of nitrogens with one attached hydrogen (secondary N) is 1. The highest BCUT2D eigenvalue weighted by molar-refractivity contribution is 5.44. The minimum atomic E-state index is -0.123. The van der Waals surface area contributed by atoms with Crippen LogP contribution in [-0.4, -0.2) is 13.1 Å². The van der Waals surface area contributed by atoms with Gasteiger partial charge in [-0.25, -0.2) is 0 Å². The van der Waals surface area contributed by atoms with Gasteiger partial charge in [0, 0.05) is 13.1 Å². The van der Waals surface area contributed by atoms with Crippen LogP contribution in [-0.2, 0) is 5.54 Å². The van der Waals surface area contributed by atoms with Crippen molar-refractivity contribution in [2.45, 2.75) is 26.3 Å². The van der Waals surface area contributed by atoms with E-state index in [2.05, 4.69) is 38.2 Å². The molecule has 1 aliphatic heterocycles. The molecular weight excluding hydrogens is 172 g/mol. The third-order valence-electron chi connectivity index (χ3n) is 3.06. The van der Waals surface area contributed by atoms with Crippen LogP contribution in [0.5, 0.6) is 0 Å². The average molecular weight is 190 g/mol. The van der Waals surface area contributed by atoms with E-state index in [1.54, 1.807) is 0 Å². The Labute approximate surface area is 85.5 Å². The summed E-state index contributed by atoms with van der Waals surface area (Å²) < 4.78 is 0. The lowest BCUT2D eigenvalue weighted by Crippen LogP contribution is -2.63. The number of hydrogen-bond donors (Lipinski definition) is 2. The predicted octanol–water partition coefficient (Wildman–Crippen LogP) is 1.37. The molecule has 0 amide bonds. The van der Waals surface area contributed by atoms with Crippen molar-refractivity contribution in [3.05, 3.63) is 34.4 Å². The molecule has 1 saturated heterocycles. The van der Waals surface area contributed by atoms with Gasteiger partial charge in [-0.05, 0) is 37.5 Å². The summed E-state index contributed by atoms with van der Waals surface area (Å²) in [6, 6.07) is 4.44. The molecule has 2 nitrogen and oxygen atoms in total. The molecule has 0 radical (unpaired) electrons. The molecule has 2 heteroatoms. The Balaban J connectivity index is 2.52. The molecule has 1 fully saturated rings. The highest BCUT2D eigenvalue weighted by Gasteiger charge is 2.36. The lowest BCUT2D eigenvalue weighted by molar-refractivity contribution is 0.284. The van der Waals surface area contributed by atoms with Gasteiger partial charge in [0.1, 0.15) is 0 Å². The van der Waals surface area contributed by atoms with E-state index in [-0.39, 0.29) is 5.54 Å². The summed E-state index contributed by atoms with van der Waals surface area (Å²) in [5, 5.41) is 3.24. The summed E-state index contributed by atoms with van der Waals surface area (Å²) in [5.41, 5.74) is 11.5. The predicted molar refractivity (Wildman–Crippen MR) is 59.4 cm³/mol. The monoisotopic (exact) mass is 190 g/mol. The summed E-state index contributed by atoms with van der Waals surface area (Å²) >= 11 is 0. The molecule has 1 aromatic rings. The Bertz CT molecular complexity index is 342. The fourth-order valence-corrected chi connectivity index (χ4v) is 2.54. The van der Waals surface area contributed by atoms with Crippen LogP contribution in [0.2, 0.25) is 0 Å². The first kappa shape index (κ1) is 9.69. The van der Waals surface area contributed by atoms with E-state index in [4.69, 9.17) is 5.73 Å². The summed E-state index contributed by atoms with van der Waals surface area (Å²) in [6.45, 7) is 8.24. The first-order valence-corrected chi connectivity index (χ1v) is 5.11. The quantitative estimate of drug-likeness (QED) is 0.702. The Morgan fingerprint density at radius 2 is 1.64 bits per heavy atom. The highest BCUT2D eigenvalue weighted by Crippen LogP contribution is 2.29. The standard InChI is InChI=1S/C12H18N2/c1-8-4-9(2)11(10(3)5-8)12(13)6-14-7-12/h4-5,14H,6-7,13H2,1-3H3. The Morgan fingerprint density at radius 3 is 2.00 bits per heavy atom. The molecule has 0 unspecified atom stereocenters. The molecule has 14 heavy (non-hydrogen) atoms. The third kappa shape index (κ3) is 1.35. The molecule has 0 aromatic heterocycles. The second-order valence-electron chi connectivity index (χ2n) is 4.53. The van der Waals surface area contributed by atoms with E-state index in [9.17, 15) is 0 Å². The van der Waals surface area contributed by atoms with Crippen molar-refractivity contribution in [1.82, 2.24) is 5.32 Å². The summed E-state index contributed by atoms with van der Waals surface area (Å²) in [5.74, 6) is 0. The Hall–Kier alpha value is -0.860. The van der Waals surface area contributed by atoms with Gasteiger partial charge in [0.15, 0.2) is 0 Å². The van der Waals surface area contributed by atoms with Gasteiger partial charge in [-0.1, -0.05) is 17.7 Å². The smallest absolute Gasteiger partial charge is 0.0667 e. The normalized spacial score (nSPS) is 19.1. The minimum absolute atomic E-state index is 0.123. The van der Waals surface area contributed by atoms with Gasteiger partial charge in [-0.15, -0.1) is 0 Å². The number of nitrogens with two attached hydrogens (primary N) is 1. The maximum Gasteiger partial charge on any atom is 0.0667 e. The molecule has 1 aromatic carbocycles. The van der Waals surface area contributed by atoms with E-state index in [0.29, 0.717) is 0 Å². The van der Waals surface area contributed by atoms with Crippen LogP contribution >= 0.6 is 0 Å². The lowest BCUT2D eigenvalue weighted by atomic mass is 9.79. The summed E-state index contributed by atoms with van der Waals surface area (Å²) in [4.78, 5) is 0. The average Bonchev–Trinajstić information content (AvgIpc) is 1.99. The number of benzene rings is 1. The van der Waals surface area contributed by atoms with Gasteiger partial charge in [0.25, 0.3) is 0 Å². The van der Waals surface area contributed by atoms with Crippen LogP contribution in [0.25, 0.3) is 0 Å². The van der Waals surface area contributed by atoms with Gasteiger partial charge in [-0.3, -0.25) is 0 Å². The number of aryl methyl sites for hydroxylation is 3. The van der Waals surface area contributed by atoms with Crippen molar-refractivity contribution in [1.29, 1.82) is 0 Å². The summed E-state index contributed by atoms with van der Waals surface area (Å²) in [7, 11) is 0. The fraction of sp³-hybridized carbons (Fsp3) is 0.500. The van der Waals surface area contributed by atoms with Crippen molar-refractivity contribution in [3.8, 4) is 0 Å². The van der Waals surface area contributed by atoms with E-state index < -0.39 is 0 Å². The van der Waals surface area contributed by atoms with E-state index >= 15 is 0 Å². The topological polar surface area (TPSA) is 38.0 Å². The number of rotatable bonds is 1. The summed E-state index contributed by atoms with van der Waals surface area (Å²) in [6.07, 6.45) is 0.